The molecule has 2 saturated heterocycles. The third-order valence-electron chi connectivity index (χ3n) is 3.58. The van der Waals surface area contributed by atoms with Crippen LogP contribution in [0.4, 0.5) is 0 Å². The van der Waals surface area contributed by atoms with Gasteiger partial charge in [-0.15, -0.1) is 0 Å². The molecule has 2 heterocycles. The molecule has 1 spiro atoms. The minimum Gasteiger partial charge on any atom is -0.381 e. The van der Waals surface area contributed by atoms with Crippen molar-refractivity contribution in [1.82, 2.24) is 10.2 Å². The zero-order valence-electron chi connectivity index (χ0n) is 9.38. The van der Waals surface area contributed by atoms with Gasteiger partial charge in [0.15, 0.2) is 0 Å². The topological polar surface area (TPSA) is 24.5 Å². The highest BCUT2D eigenvalue weighted by molar-refractivity contribution is 4.96. The van der Waals surface area contributed by atoms with E-state index in [1.807, 2.05) is 0 Å². The molecular formula is C11H22N2O. The van der Waals surface area contributed by atoms with Crippen LogP contribution in [-0.2, 0) is 4.74 Å². The number of rotatable bonds is 1. The molecular weight excluding hydrogens is 176 g/mol. The number of hydrogen-bond donors (Lipinski definition) is 1. The Morgan fingerprint density at radius 3 is 2.64 bits per heavy atom. The van der Waals surface area contributed by atoms with Gasteiger partial charge in [-0.3, -0.25) is 4.90 Å². The second-order valence-corrected chi connectivity index (χ2v) is 4.88. The summed E-state index contributed by atoms with van der Waals surface area (Å²) in [5.74, 6) is 0. The van der Waals surface area contributed by atoms with Crippen molar-refractivity contribution in [1.29, 1.82) is 0 Å². The fourth-order valence-electron chi connectivity index (χ4n) is 2.53. The molecule has 1 N–H and O–H groups in total. The highest BCUT2D eigenvalue weighted by Crippen LogP contribution is 2.24. The van der Waals surface area contributed by atoms with Crippen molar-refractivity contribution in [3.05, 3.63) is 0 Å². The molecule has 0 saturated carbocycles. The fourth-order valence-corrected chi connectivity index (χ4v) is 2.53. The van der Waals surface area contributed by atoms with Crippen molar-refractivity contribution >= 4 is 0 Å². The molecule has 0 unspecified atom stereocenters. The second kappa shape index (κ2) is 4.17. The molecule has 0 bridgehead atoms. The molecule has 0 aromatic carbocycles. The van der Waals surface area contributed by atoms with E-state index in [0.29, 0.717) is 11.6 Å². The normalized spacial score (nSPS) is 28.5. The molecule has 0 atom stereocenters. The Bertz CT molecular complexity index is 182. The zero-order valence-corrected chi connectivity index (χ0v) is 9.38. The molecule has 2 aliphatic rings. The highest BCUT2D eigenvalue weighted by atomic mass is 16.5. The van der Waals surface area contributed by atoms with Crippen LogP contribution >= 0.6 is 0 Å². The fraction of sp³-hybridized carbons (Fsp3) is 1.00. The van der Waals surface area contributed by atoms with Crippen LogP contribution < -0.4 is 5.32 Å². The first-order chi connectivity index (χ1) is 6.72. The summed E-state index contributed by atoms with van der Waals surface area (Å²) in [6.45, 7) is 9.97. The van der Waals surface area contributed by atoms with E-state index in [9.17, 15) is 0 Å². The Labute approximate surface area is 86.8 Å². The summed E-state index contributed by atoms with van der Waals surface area (Å²) >= 11 is 0. The Morgan fingerprint density at radius 2 is 2.00 bits per heavy atom. The third kappa shape index (κ3) is 2.10. The molecule has 0 aromatic rings. The Kier molecular flexibility index (Phi) is 3.10. The van der Waals surface area contributed by atoms with E-state index in [1.54, 1.807) is 0 Å². The van der Waals surface area contributed by atoms with Crippen LogP contribution in [0.15, 0.2) is 0 Å². The molecule has 2 aliphatic heterocycles. The predicted octanol–water partition coefficient (Wildman–Crippen LogP) is 0.849. The average Bonchev–Trinajstić information content (AvgIpc) is 2.19. The predicted molar refractivity (Wildman–Crippen MR) is 57.5 cm³/mol. The molecule has 2 rings (SSSR count). The van der Waals surface area contributed by atoms with Crippen LogP contribution in [0, 0.1) is 0 Å². The van der Waals surface area contributed by atoms with Crippen LogP contribution in [0.3, 0.4) is 0 Å². The molecule has 82 valence electrons. The average molecular weight is 198 g/mol. The Morgan fingerprint density at radius 1 is 1.29 bits per heavy atom. The second-order valence-electron chi connectivity index (χ2n) is 4.88. The third-order valence-corrected chi connectivity index (χ3v) is 3.58. The summed E-state index contributed by atoms with van der Waals surface area (Å²) < 4.78 is 5.43. The summed E-state index contributed by atoms with van der Waals surface area (Å²) in [6, 6.07) is 0.678. The van der Waals surface area contributed by atoms with Gasteiger partial charge in [-0.25, -0.2) is 0 Å². The van der Waals surface area contributed by atoms with Gasteiger partial charge in [0.25, 0.3) is 0 Å². The Balaban J connectivity index is 1.97. The lowest BCUT2D eigenvalue weighted by Gasteiger charge is -2.47. The van der Waals surface area contributed by atoms with Crippen LogP contribution in [0.1, 0.15) is 26.7 Å². The minimum absolute atomic E-state index is 0.362. The first-order valence-electron chi connectivity index (χ1n) is 5.79. The SMILES string of the molecule is CC(C)N1CCNC2(CCOCC2)C1. The summed E-state index contributed by atoms with van der Waals surface area (Å²) in [6.07, 6.45) is 2.35. The minimum atomic E-state index is 0.362. The van der Waals surface area contributed by atoms with Crippen molar-refractivity contribution in [3.63, 3.8) is 0 Å². The van der Waals surface area contributed by atoms with Gasteiger partial charge in [0.05, 0.1) is 0 Å². The van der Waals surface area contributed by atoms with E-state index in [4.69, 9.17) is 4.74 Å². The smallest absolute Gasteiger partial charge is 0.0484 e. The molecule has 0 amide bonds. The maximum Gasteiger partial charge on any atom is 0.0484 e. The van der Waals surface area contributed by atoms with Gasteiger partial charge in [0.2, 0.25) is 0 Å². The van der Waals surface area contributed by atoms with Crippen molar-refractivity contribution in [2.24, 2.45) is 0 Å². The molecule has 3 heteroatoms. The van der Waals surface area contributed by atoms with Gasteiger partial charge in [0.1, 0.15) is 0 Å². The number of nitrogens with one attached hydrogen (secondary N) is 1. The van der Waals surface area contributed by atoms with E-state index in [-0.39, 0.29) is 0 Å². The standard InChI is InChI=1S/C11H22N2O/c1-10(2)13-6-5-12-11(9-13)3-7-14-8-4-11/h10,12H,3-9H2,1-2H3. The quantitative estimate of drug-likeness (QED) is 0.676. The van der Waals surface area contributed by atoms with E-state index < -0.39 is 0 Å². The van der Waals surface area contributed by atoms with Crippen molar-refractivity contribution in [2.75, 3.05) is 32.8 Å². The van der Waals surface area contributed by atoms with Gasteiger partial charge in [-0.2, -0.15) is 0 Å². The van der Waals surface area contributed by atoms with Crippen LogP contribution in [0.25, 0.3) is 0 Å². The number of nitrogens with zero attached hydrogens (tertiary/aromatic N) is 1. The van der Waals surface area contributed by atoms with E-state index in [1.165, 1.54) is 25.9 Å². The van der Waals surface area contributed by atoms with Gasteiger partial charge in [-0.1, -0.05) is 0 Å². The number of hydrogen-bond acceptors (Lipinski definition) is 3. The van der Waals surface area contributed by atoms with Gasteiger partial charge >= 0.3 is 0 Å². The van der Waals surface area contributed by atoms with Crippen LogP contribution in [0.5, 0.6) is 0 Å². The summed E-state index contributed by atoms with van der Waals surface area (Å²) in [4.78, 5) is 2.59. The van der Waals surface area contributed by atoms with Crippen LogP contribution in [0.2, 0.25) is 0 Å². The van der Waals surface area contributed by atoms with E-state index in [0.717, 1.165) is 19.8 Å². The summed E-state index contributed by atoms with van der Waals surface area (Å²) in [5.41, 5.74) is 0.362. The van der Waals surface area contributed by atoms with Crippen molar-refractivity contribution in [2.45, 2.75) is 38.3 Å². The first kappa shape index (κ1) is 10.4. The lowest BCUT2D eigenvalue weighted by Crippen LogP contribution is -2.63. The van der Waals surface area contributed by atoms with E-state index in [2.05, 4.69) is 24.1 Å². The molecule has 3 nitrogen and oxygen atoms in total. The lowest BCUT2D eigenvalue weighted by atomic mass is 9.87. The van der Waals surface area contributed by atoms with Crippen molar-refractivity contribution < 1.29 is 4.74 Å². The maximum atomic E-state index is 5.43. The largest absolute Gasteiger partial charge is 0.381 e. The summed E-state index contributed by atoms with van der Waals surface area (Å²) in [7, 11) is 0. The maximum absolute atomic E-state index is 5.43. The highest BCUT2D eigenvalue weighted by Gasteiger charge is 2.36. The zero-order chi connectivity index (χ0) is 10.0. The lowest BCUT2D eigenvalue weighted by molar-refractivity contribution is -0.000267. The Hall–Kier alpha value is -0.120. The van der Waals surface area contributed by atoms with Crippen molar-refractivity contribution in [3.8, 4) is 0 Å². The monoisotopic (exact) mass is 198 g/mol. The van der Waals surface area contributed by atoms with Crippen LogP contribution in [-0.4, -0.2) is 49.3 Å². The number of ether oxygens (including phenoxy) is 1. The van der Waals surface area contributed by atoms with Gasteiger partial charge in [0, 0.05) is 44.4 Å². The molecule has 0 aromatic heterocycles. The molecule has 14 heavy (non-hydrogen) atoms. The molecule has 0 radical (unpaired) electrons. The first-order valence-corrected chi connectivity index (χ1v) is 5.79. The van der Waals surface area contributed by atoms with E-state index >= 15 is 0 Å². The summed E-state index contributed by atoms with van der Waals surface area (Å²) in [5, 5.41) is 3.70. The molecule has 2 fully saturated rings. The number of piperazine rings is 1. The molecule has 0 aliphatic carbocycles. The van der Waals surface area contributed by atoms with Gasteiger partial charge in [-0.05, 0) is 26.7 Å². The van der Waals surface area contributed by atoms with Gasteiger partial charge < -0.3 is 10.1 Å².